The van der Waals surface area contributed by atoms with E-state index in [9.17, 15) is 15.0 Å². The Bertz CT molecular complexity index is 791. The fourth-order valence-electron chi connectivity index (χ4n) is 3.70. The second kappa shape index (κ2) is 11.3. The van der Waals surface area contributed by atoms with Crippen LogP contribution in [-0.4, -0.2) is 39.4 Å². The maximum Gasteiger partial charge on any atom is 0.306 e. The van der Waals surface area contributed by atoms with Gasteiger partial charge in [0.15, 0.2) is 0 Å². The largest absolute Gasteiger partial charge is 0.481 e. The van der Waals surface area contributed by atoms with Crippen LogP contribution in [0.3, 0.4) is 0 Å². The van der Waals surface area contributed by atoms with Crippen molar-refractivity contribution in [2.45, 2.75) is 57.3 Å². The number of hydrogen-bond acceptors (Lipinski definition) is 5. The number of thiazole rings is 1. The standard InChI is InChI=1S/C12H16BrNO3S.C10H15NO/c1-12(17,11-14-6-9(13)18-11)8-4-2-7(3-5-8)10(15)16;1-8(11-2)10(12)9-6-4-3-5-7-9/h6-8,17H,2-5H2,1H3,(H,15,16);3-8,10-12H,1-2H3/p+1/t;8-,10+/m.0/s1. The zero-order chi connectivity index (χ0) is 22.3. The van der Waals surface area contributed by atoms with E-state index in [0.717, 1.165) is 22.2 Å². The number of likely N-dealkylation sites (N-methyl/N-ethyl adjacent to an activating group) is 1. The van der Waals surface area contributed by atoms with Gasteiger partial charge < -0.3 is 20.6 Å². The Morgan fingerprint density at radius 1 is 1.27 bits per heavy atom. The Kier molecular flexibility index (Phi) is 9.43. The van der Waals surface area contributed by atoms with E-state index in [2.05, 4.69) is 20.9 Å². The number of carbonyl (C=O) groups is 1. The number of nitrogens with two attached hydrogens (primary N) is 1. The van der Waals surface area contributed by atoms with Crippen molar-refractivity contribution in [2.24, 2.45) is 11.8 Å². The number of aliphatic hydroxyl groups excluding tert-OH is 1. The molecule has 5 N–H and O–H groups in total. The first-order valence-electron chi connectivity index (χ1n) is 10.3. The van der Waals surface area contributed by atoms with Gasteiger partial charge in [-0.15, -0.1) is 11.3 Å². The number of nitrogens with zero attached hydrogens (tertiary/aromatic N) is 1. The predicted molar refractivity (Wildman–Crippen MR) is 121 cm³/mol. The van der Waals surface area contributed by atoms with Crippen molar-refractivity contribution in [3.05, 3.63) is 50.9 Å². The molecule has 0 radical (unpaired) electrons. The number of hydrogen-bond donors (Lipinski definition) is 4. The number of aliphatic carboxylic acids is 1. The second-order valence-corrected chi connectivity index (χ2v) is 10.5. The smallest absolute Gasteiger partial charge is 0.306 e. The number of quaternary nitrogens is 1. The Labute approximate surface area is 190 Å². The molecule has 30 heavy (non-hydrogen) atoms. The van der Waals surface area contributed by atoms with Gasteiger partial charge in [0, 0.05) is 0 Å². The molecule has 0 amide bonds. The average molecular weight is 500 g/mol. The molecule has 1 aliphatic rings. The highest BCUT2D eigenvalue weighted by Crippen LogP contribution is 2.42. The topological polar surface area (TPSA) is 107 Å². The van der Waals surface area contributed by atoms with Crippen molar-refractivity contribution < 1.29 is 25.4 Å². The van der Waals surface area contributed by atoms with Crippen LogP contribution in [0.5, 0.6) is 0 Å². The first-order valence-corrected chi connectivity index (χ1v) is 11.9. The second-order valence-electron chi connectivity index (χ2n) is 8.05. The fraction of sp³-hybridized carbons (Fsp3) is 0.545. The molecule has 8 heteroatoms. The third-order valence-electron chi connectivity index (χ3n) is 5.95. The summed E-state index contributed by atoms with van der Waals surface area (Å²) in [5.74, 6) is -0.878. The van der Waals surface area contributed by atoms with E-state index in [1.54, 1.807) is 13.1 Å². The van der Waals surface area contributed by atoms with Crippen molar-refractivity contribution in [1.82, 2.24) is 4.98 Å². The first-order chi connectivity index (χ1) is 14.2. The normalized spacial score (nSPS) is 22.9. The van der Waals surface area contributed by atoms with Gasteiger partial charge in [0.05, 0.1) is 22.9 Å². The van der Waals surface area contributed by atoms with Crippen molar-refractivity contribution >= 4 is 33.2 Å². The van der Waals surface area contributed by atoms with Gasteiger partial charge in [0.1, 0.15) is 22.8 Å². The molecule has 0 bridgehead atoms. The monoisotopic (exact) mass is 499 g/mol. The van der Waals surface area contributed by atoms with E-state index in [-0.39, 0.29) is 24.0 Å². The van der Waals surface area contributed by atoms with Crippen LogP contribution in [0.2, 0.25) is 0 Å². The average Bonchev–Trinajstić information content (AvgIpc) is 3.21. The van der Waals surface area contributed by atoms with Gasteiger partial charge in [-0.1, -0.05) is 30.3 Å². The van der Waals surface area contributed by atoms with Gasteiger partial charge in [-0.25, -0.2) is 4.98 Å². The molecule has 166 valence electrons. The van der Waals surface area contributed by atoms with Gasteiger partial charge in [-0.2, -0.15) is 0 Å². The van der Waals surface area contributed by atoms with Crippen molar-refractivity contribution in [3.63, 3.8) is 0 Å². The molecule has 0 aliphatic heterocycles. The first kappa shape index (κ1) is 24.9. The number of aliphatic hydroxyl groups is 2. The number of aromatic nitrogens is 1. The molecule has 2 aromatic rings. The minimum Gasteiger partial charge on any atom is -0.481 e. The molecule has 1 aromatic heterocycles. The van der Waals surface area contributed by atoms with Crippen molar-refractivity contribution in [1.29, 1.82) is 0 Å². The molecular formula is C22H32BrN2O4S+. The third-order valence-corrected chi connectivity index (χ3v) is 7.65. The molecule has 3 rings (SSSR count). The van der Waals surface area contributed by atoms with Crippen molar-refractivity contribution in [3.8, 4) is 0 Å². The van der Waals surface area contributed by atoms with Gasteiger partial charge in [0.25, 0.3) is 0 Å². The minimum atomic E-state index is -0.958. The van der Waals surface area contributed by atoms with Crippen LogP contribution in [0.15, 0.2) is 40.3 Å². The molecule has 6 nitrogen and oxygen atoms in total. The van der Waals surface area contributed by atoms with E-state index in [1.807, 2.05) is 49.6 Å². The van der Waals surface area contributed by atoms with Crippen LogP contribution < -0.4 is 5.32 Å². The lowest BCUT2D eigenvalue weighted by Crippen LogP contribution is -2.86. The molecule has 1 aromatic carbocycles. The summed E-state index contributed by atoms with van der Waals surface area (Å²) in [7, 11) is 1.97. The molecule has 0 spiro atoms. The Hall–Kier alpha value is -1.32. The lowest BCUT2D eigenvalue weighted by atomic mass is 9.74. The van der Waals surface area contributed by atoms with Crippen LogP contribution >= 0.6 is 27.3 Å². The molecule has 1 fully saturated rings. The number of benzene rings is 1. The maximum atomic E-state index is 10.9. The summed E-state index contributed by atoms with van der Waals surface area (Å²) in [6.07, 6.45) is 4.08. The van der Waals surface area contributed by atoms with E-state index in [4.69, 9.17) is 5.11 Å². The Morgan fingerprint density at radius 2 is 1.87 bits per heavy atom. The van der Waals surface area contributed by atoms with Gasteiger partial charge in [0.2, 0.25) is 0 Å². The Balaban J connectivity index is 0.000000232. The van der Waals surface area contributed by atoms with Crippen LogP contribution in [0.1, 0.15) is 56.2 Å². The fourth-order valence-corrected chi connectivity index (χ4v) is 5.03. The molecule has 0 saturated heterocycles. The predicted octanol–water partition coefficient (Wildman–Crippen LogP) is 3.31. The van der Waals surface area contributed by atoms with Gasteiger partial charge in [-0.3, -0.25) is 4.79 Å². The minimum absolute atomic E-state index is 0.0890. The zero-order valence-electron chi connectivity index (χ0n) is 17.7. The lowest BCUT2D eigenvalue weighted by Gasteiger charge is -2.35. The van der Waals surface area contributed by atoms with E-state index < -0.39 is 11.6 Å². The van der Waals surface area contributed by atoms with Crippen LogP contribution in [-0.2, 0) is 10.4 Å². The quantitative estimate of drug-likeness (QED) is 0.487. The molecular weight excluding hydrogens is 468 g/mol. The number of carboxylic acid groups (broad SMARTS) is 1. The summed E-state index contributed by atoms with van der Waals surface area (Å²) >= 11 is 4.78. The number of rotatable bonds is 6. The summed E-state index contributed by atoms with van der Waals surface area (Å²) in [4.78, 5) is 15.1. The van der Waals surface area contributed by atoms with Gasteiger partial charge in [-0.05, 0) is 66.9 Å². The highest BCUT2D eigenvalue weighted by Gasteiger charge is 2.39. The summed E-state index contributed by atoms with van der Waals surface area (Å²) in [6.45, 7) is 3.79. The Morgan fingerprint density at radius 3 is 2.33 bits per heavy atom. The summed E-state index contributed by atoms with van der Waals surface area (Å²) in [6, 6.07) is 9.96. The lowest BCUT2D eigenvalue weighted by molar-refractivity contribution is -0.669. The number of halogens is 1. The van der Waals surface area contributed by atoms with Crippen molar-refractivity contribution in [2.75, 3.05) is 7.05 Å². The van der Waals surface area contributed by atoms with Crippen LogP contribution in [0.25, 0.3) is 0 Å². The highest BCUT2D eigenvalue weighted by atomic mass is 79.9. The molecule has 1 heterocycles. The van der Waals surface area contributed by atoms with E-state index in [0.29, 0.717) is 17.8 Å². The maximum absolute atomic E-state index is 10.9. The number of carboxylic acids is 1. The third kappa shape index (κ3) is 6.59. The molecule has 1 saturated carbocycles. The summed E-state index contributed by atoms with van der Waals surface area (Å²) in [5, 5.41) is 32.1. The molecule has 1 aliphatic carbocycles. The molecule has 3 atom stereocenters. The van der Waals surface area contributed by atoms with Crippen LogP contribution in [0.4, 0.5) is 0 Å². The highest BCUT2D eigenvalue weighted by molar-refractivity contribution is 9.11. The molecule has 1 unspecified atom stereocenters. The zero-order valence-corrected chi connectivity index (χ0v) is 20.1. The van der Waals surface area contributed by atoms with Gasteiger partial charge >= 0.3 is 5.97 Å². The van der Waals surface area contributed by atoms with Crippen LogP contribution in [0, 0.1) is 11.8 Å². The SMILES string of the molecule is CC(O)(c1ncc(Br)s1)C1CCC(C(=O)O)CC1.C[NH2+][C@@H](C)[C@@H](O)c1ccccc1. The summed E-state index contributed by atoms with van der Waals surface area (Å²) < 4.78 is 0.900. The van der Waals surface area contributed by atoms with E-state index >= 15 is 0 Å². The summed E-state index contributed by atoms with van der Waals surface area (Å²) in [5.41, 5.74) is 0.0308. The van der Waals surface area contributed by atoms with E-state index in [1.165, 1.54) is 11.3 Å².